The summed E-state index contributed by atoms with van der Waals surface area (Å²) in [6.45, 7) is 5.57. The molecule has 0 fully saturated rings. The van der Waals surface area contributed by atoms with Crippen LogP contribution in [0.4, 0.5) is 5.69 Å². The fraction of sp³-hybridized carbons (Fsp3) is 0.304. The van der Waals surface area contributed by atoms with Crippen molar-refractivity contribution in [3.63, 3.8) is 0 Å². The number of rotatable bonds is 10. The normalized spacial score (nSPS) is 11.6. The summed E-state index contributed by atoms with van der Waals surface area (Å²) in [7, 11) is 0. The third-order valence-electron chi connectivity index (χ3n) is 4.40. The molecule has 12 heteroatoms. The molecule has 188 valence electrons. The van der Waals surface area contributed by atoms with E-state index in [1.54, 1.807) is 37.3 Å². The van der Waals surface area contributed by atoms with Gasteiger partial charge in [-0.15, -0.1) is 0 Å². The largest absolute Gasteiger partial charge is 0.490 e. The maximum Gasteiger partial charge on any atom is 0.329 e. The SMILES string of the molecule is CCOc1cc(/C=N\NC(=O)C(=O)N[C@H](C)CC)cc(I)c1OCC(=O)Nc1cc(Cl)cc(Cl)c1. The molecule has 2 aromatic rings. The number of anilines is 1. The molecule has 2 aromatic carbocycles. The van der Waals surface area contributed by atoms with Gasteiger partial charge in [0.25, 0.3) is 5.91 Å². The van der Waals surface area contributed by atoms with Gasteiger partial charge in [-0.3, -0.25) is 14.4 Å². The van der Waals surface area contributed by atoms with Gasteiger partial charge in [0.15, 0.2) is 18.1 Å². The maximum atomic E-state index is 12.3. The lowest BCUT2D eigenvalue weighted by molar-refractivity contribution is -0.139. The van der Waals surface area contributed by atoms with Crippen LogP contribution in [0, 0.1) is 3.57 Å². The fourth-order valence-electron chi connectivity index (χ4n) is 2.63. The number of nitrogens with one attached hydrogen (secondary N) is 3. The molecule has 0 aliphatic rings. The number of nitrogens with zero attached hydrogens (tertiary/aromatic N) is 1. The molecule has 35 heavy (non-hydrogen) atoms. The van der Waals surface area contributed by atoms with Crippen LogP contribution in [-0.2, 0) is 14.4 Å². The molecule has 9 nitrogen and oxygen atoms in total. The fourth-order valence-corrected chi connectivity index (χ4v) is 3.94. The number of hydrazone groups is 1. The van der Waals surface area contributed by atoms with Crippen molar-refractivity contribution < 1.29 is 23.9 Å². The van der Waals surface area contributed by atoms with Crippen molar-refractivity contribution in [2.45, 2.75) is 33.2 Å². The van der Waals surface area contributed by atoms with Crippen LogP contribution >= 0.6 is 45.8 Å². The summed E-state index contributed by atoms with van der Waals surface area (Å²) in [5.41, 5.74) is 3.22. The monoisotopic (exact) mass is 634 g/mol. The van der Waals surface area contributed by atoms with E-state index >= 15 is 0 Å². The Bertz CT molecular complexity index is 1090. The second-order valence-electron chi connectivity index (χ2n) is 7.24. The highest BCUT2D eigenvalue weighted by Gasteiger charge is 2.16. The Morgan fingerprint density at radius 1 is 1.06 bits per heavy atom. The minimum Gasteiger partial charge on any atom is -0.490 e. The first-order valence-electron chi connectivity index (χ1n) is 10.6. The standard InChI is InChI=1S/C23H25Cl2IN4O5/c1-4-13(3)28-22(32)23(33)30-27-11-14-6-18(26)21(19(7-14)34-5-2)35-12-20(31)29-17-9-15(24)8-16(25)10-17/h6-11,13H,4-5,12H2,1-3H3,(H,28,32)(H,29,31)(H,30,33)/b27-11-/t13-/m1/s1. The Morgan fingerprint density at radius 2 is 1.74 bits per heavy atom. The van der Waals surface area contributed by atoms with Crippen LogP contribution in [0.2, 0.25) is 10.0 Å². The zero-order chi connectivity index (χ0) is 26.0. The molecule has 0 bridgehead atoms. The molecule has 0 aromatic heterocycles. The molecule has 0 aliphatic carbocycles. The van der Waals surface area contributed by atoms with Gasteiger partial charge in [0.1, 0.15) is 0 Å². The van der Waals surface area contributed by atoms with Crippen molar-refractivity contribution >= 4 is 75.4 Å². The number of carbonyl (C=O) groups is 3. The number of carbonyl (C=O) groups excluding carboxylic acids is 3. The number of benzene rings is 2. The Labute approximate surface area is 227 Å². The molecule has 0 aliphatic heterocycles. The lowest BCUT2D eigenvalue weighted by atomic mass is 10.2. The molecule has 3 amide bonds. The summed E-state index contributed by atoms with van der Waals surface area (Å²) in [6, 6.07) is 7.95. The van der Waals surface area contributed by atoms with Crippen molar-refractivity contribution in [2.24, 2.45) is 5.10 Å². The number of hydrogen-bond donors (Lipinski definition) is 3. The van der Waals surface area contributed by atoms with Gasteiger partial charge >= 0.3 is 11.8 Å². The molecular formula is C23H25Cl2IN4O5. The van der Waals surface area contributed by atoms with E-state index in [1.807, 2.05) is 36.4 Å². The molecule has 1 atom stereocenters. The highest BCUT2D eigenvalue weighted by molar-refractivity contribution is 14.1. The lowest BCUT2D eigenvalue weighted by Gasteiger charge is -2.15. The molecule has 0 heterocycles. The van der Waals surface area contributed by atoms with Gasteiger partial charge in [-0.2, -0.15) is 5.10 Å². The Morgan fingerprint density at radius 3 is 2.37 bits per heavy atom. The van der Waals surface area contributed by atoms with Crippen LogP contribution in [0.25, 0.3) is 0 Å². The summed E-state index contributed by atoms with van der Waals surface area (Å²) in [6.07, 6.45) is 2.07. The summed E-state index contributed by atoms with van der Waals surface area (Å²) < 4.78 is 12.0. The van der Waals surface area contributed by atoms with Gasteiger partial charge in [-0.25, -0.2) is 5.43 Å². The van der Waals surface area contributed by atoms with Gasteiger partial charge < -0.3 is 20.1 Å². The number of amides is 3. The zero-order valence-corrected chi connectivity index (χ0v) is 23.0. The first-order valence-corrected chi connectivity index (χ1v) is 12.4. The highest BCUT2D eigenvalue weighted by Crippen LogP contribution is 2.34. The average molecular weight is 635 g/mol. The third-order valence-corrected chi connectivity index (χ3v) is 5.64. The molecular weight excluding hydrogens is 610 g/mol. The van der Waals surface area contributed by atoms with Crippen LogP contribution < -0.4 is 25.5 Å². The molecule has 0 saturated carbocycles. The Kier molecular flexibility index (Phi) is 11.5. The second kappa shape index (κ2) is 14.1. The van der Waals surface area contributed by atoms with Gasteiger partial charge in [-0.05, 0) is 78.8 Å². The van der Waals surface area contributed by atoms with Crippen molar-refractivity contribution in [2.75, 3.05) is 18.5 Å². The van der Waals surface area contributed by atoms with E-state index in [0.717, 1.165) is 0 Å². The summed E-state index contributed by atoms with van der Waals surface area (Å²) >= 11 is 13.9. The van der Waals surface area contributed by atoms with Crippen molar-refractivity contribution in [3.8, 4) is 11.5 Å². The minimum atomic E-state index is -0.867. The van der Waals surface area contributed by atoms with Crippen molar-refractivity contribution in [1.29, 1.82) is 0 Å². The number of halogens is 3. The summed E-state index contributed by atoms with van der Waals surface area (Å²) in [4.78, 5) is 36.0. The highest BCUT2D eigenvalue weighted by atomic mass is 127. The van der Waals surface area contributed by atoms with Gasteiger partial charge in [-0.1, -0.05) is 30.1 Å². The van der Waals surface area contributed by atoms with E-state index in [0.29, 0.717) is 49.4 Å². The smallest absolute Gasteiger partial charge is 0.329 e. The van der Waals surface area contributed by atoms with E-state index in [4.69, 9.17) is 32.7 Å². The third kappa shape index (κ3) is 9.54. The first kappa shape index (κ1) is 28.7. The molecule has 0 spiro atoms. The van der Waals surface area contributed by atoms with Gasteiger partial charge in [0.2, 0.25) is 0 Å². The molecule has 0 radical (unpaired) electrons. The molecule has 3 N–H and O–H groups in total. The van der Waals surface area contributed by atoms with E-state index < -0.39 is 17.7 Å². The predicted octanol–water partition coefficient (Wildman–Crippen LogP) is 4.38. The quantitative estimate of drug-likeness (QED) is 0.155. The Balaban J connectivity index is 2.05. The Hall–Kier alpha value is -2.57. The van der Waals surface area contributed by atoms with E-state index in [9.17, 15) is 14.4 Å². The molecule has 0 saturated heterocycles. The number of hydrogen-bond acceptors (Lipinski definition) is 6. The van der Waals surface area contributed by atoms with Crippen LogP contribution in [-0.4, -0.2) is 43.2 Å². The zero-order valence-electron chi connectivity index (χ0n) is 19.3. The van der Waals surface area contributed by atoms with Crippen LogP contribution in [0.3, 0.4) is 0 Å². The van der Waals surface area contributed by atoms with Gasteiger partial charge in [0.05, 0.1) is 16.4 Å². The van der Waals surface area contributed by atoms with E-state index in [1.165, 1.54) is 6.21 Å². The van der Waals surface area contributed by atoms with Gasteiger partial charge in [0, 0.05) is 21.8 Å². The number of ether oxygens (including phenoxy) is 2. The van der Waals surface area contributed by atoms with Crippen LogP contribution in [0.1, 0.15) is 32.8 Å². The second-order valence-corrected chi connectivity index (χ2v) is 9.27. The van der Waals surface area contributed by atoms with Crippen LogP contribution in [0.5, 0.6) is 11.5 Å². The van der Waals surface area contributed by atoms with Crippen molar-refractivity contribution in [3.05, 3.63) is 49.5 Å². The average Bonchev–Trinajstić information content (AvgIpc) is 2.77. The maximum absolute atomic E-state index is 12.3. The van der Waals surface area contributed by atoms with Crippen LogP contribution in [0.15, 0.2) is 35.4 Å². The van der Waals surface area contributed by atoms with E-state index in [-0.39, 0.29) is 12.6 Å². The predicted molar refractivity (Wildman–Crippen MR) is 145 cm³/mol. The molecule has 0 unspecified atom stereocenters. The summed E-state index contributed by atoms with van der Waals surface area (Å²) in [5, 5.41) is 9.85. The van der Waals surface area contributed by atoms with E-state index in [2.05, 4.69) is 21.2 Å². The summed E-state index contributed by atoms with van der Waals surface area (Å²) in [5.74, 6) is -1.27. The molecule has 2 rings (SSSR count). The first-order chi connectivity index (χ1) is 16.6. The van der Waals surface area contributed by atoms with Crippen molar-refractivity contribution in [1.82, 2.24) is 10.7 Å². The topological polar surface area (TPSA) is 118 Å². The lowest BCUT2D eigenvalue weighted by Crippen LogP contribution is -2.41. The minimum absolute atomic E-state index is 0.120.